The van der Waals surface area contributed by atoms with E-state index in [2.05, 4.69) is 9.71 Å². The third-order valence-electron chi connectivity index (χ3n) is 3.54. The number of fused-ring (bicyclic) bond motifs is 1. The zero-order valence-corrected chi connectivity index (χ0v) is 13.0. The van der Waals surface area contributed by atoms with Crippen molar-refractivity contribution in [1.29, 1.82) is 0 Å². The van der Waals surface area contributed by atoms with Gasteiger partial charge < -0.3 is 4.57 Å². The molecule has 1 aromatic carbocycles. The number of benzene rings is 1. The molecule has 5 nitrogen and oxygen atoms in total. The molecule has 114 valence electrons. The summed E-state index contributed by atoms with van der Waals surface area (Å²) in [6.45, 7) is 2.89. The van der Waals surface area contributed by atoms with Crippen LogP contribution in [0.25, 0.3) is 11.0 Å². The standard InChI is InChI=1S/C16H17N3O2S/c1-2-19-12-15(14-9-6-10-17-16(14)19)22(20,21)18-11-13-7-4-3-5-8-13/h3-10,12,18H,2,11H2,1H3. The number of sulfonamides is 1. The van der Waals surface area contributed by atoms with Crippen molar-refractivity contribution in [3.8, 4) is 0 Å². The van der Waals surface area contributed by atoms with Crippen molar-refractivity contribution in [3.05, 3.63) is 60.4 Å². The lowest BCUT2D eigenvalue weighted by Gasteiger charge is -2.05. The highest BCUT2D eigenvalue weighted by molar-refractivity contribution is 7.89. The van der Waals surface area contributed by atoms with Gasteiger partial charge in [-0.15, -0.1) is 0 Å². The molecule has 0 atom stereocenters. The fourth-order valence-electron chi connectivity index (χ4n) is 2.40. The molecule has 0 saturated heterocycles. The largest absolute Gasteiger partial charge is 0.331 e. The van der Waals surface area contributed by atoms with Crippen molar-refractivity contribution < 1.29 is 8.42 Å². The Morgan fingerprint density at radius 3 is 2.64 bits per heavy atom. The van der Waals surface area contributed by atoms with Gasteiger partial charge in [0.1, 0.15) is 10.5 Å². The van der Waals surface area contributed by atoms with E-state index in [0.717, 1.165) is 5.56 Å². The van der Waals surface area contributed by atoms with Gasteiger partial charge in [0.15, 0.2) is 0 Å². The van der Waals surface area contributed by atoms with Gasteiger partial charge in [0.2, 0.25) is 10.0 Å². The van der Waals surface area contributed by atoms with Gasteiger partial charge in [0, 0.05) is 30.9 Å². The molecular formula is C16H17N3O2S. The highest BCUT2D eigenvalue weighted by atomic mass is 32.2. The SMILES string of the molecule is CCn1cc(S(=O)(=O)NCc2ccccc2)c2cccnc21. The van der Waals surface area contributed by atoms with Crippen LogP contribution in [0.5, 0.6) is 0 Å². The van der Waals surface area contributed by atoms with Crippen LogP contribution in [0.2, 0.25) is 0 Å². The first-order valence-electron chi connectivity index (χ1n) is 7.09. The Morgan fingerprint density at radius 1 is 1.14 bits per heavy atom. The van der Waals surface area contributed by atoms with Crippen LogP contribution in [-0.2, 0) is 23.1 Å². The highest BCUT2D eigenvalue weighted by Gasteiger charge is 2.20. The van der Waals surface area contributed by atoms with Gasteiger partial charge >= 0.3 is 0 Å². The Labute approximate surface area is 129 Å². The topological polar surface area (TPSA) is 64.0 Å². The molecule has 0 aliphatic heterocycles. The molecule has 3 rings (SSSR count). The number of nitrogens with zero attached hydrogens (tertiary/aromatic N) is 2. The van der Waals surface area contributed by atoms with E-state index in [0.29, 0.717) is 17.6 Å². The van der Waals surface area contributed by atoms with E-state index in [1.807, 2.05) is 41.8 Å². The number of hydrogen-bond donors (Lipinski definition) is 1. The summed E-state index contributed by atoms with van der Waals surface area (Å²) in [5.41, 5.74) is 1.61. The first-order chi connectivity index (χ1) is 10.6. The van der Waals surface area contributed by atoms with Crippen LogP contribution < -0.4 is 4.72 Å². The second kappa shape index (κ2) is 5.90. The molecular weight excluding hydrogens is 298 g/mol. The molecule has 0 bridgehead atoms. The minimum Gasteiger partial charge on any atom is -0.331 e. The lowest BCUT2D eigenvalue weighted by Crippen LogP contribution is -2.23. The minimum absolute atomic E-state index is 0.266. The van der Waals surface area contributed by atoms with Crippen LogP contribution in [0.3, 0.4) is 0 Å². The molecule has 3 aromatic rings. The van der Waals surface area contributed by atoms with E-state index in [9.17, 15) is 8.42 Å². The molecule has 2 heterocycles. The van der Waals surface area contributed by atoms with Gasteiger partial charge in [-0.1, -0.05) is 30.3 Å². The van der Waals surface area contributed by atoms with E-state index in [1.165, 1.54) is 0 Å². The Kier molecular flexibility index (Phi) is 3.96. The summed E-state index contributed by atoms with van der Waals surface area (Å²) in [4.78, 5) is 4.55. The van der Waals surface area contributed by atoms with Crippen LogP contribution in [0.15, 0.2) is 59.8 Å². The first kappa shape index (κ1) is 14.7. The van der Waals surface area contributed by atoms with Gasteiger partial charge in [-0.3, -0.25) is 0 Å². The monoisotopic (exact) mass is 315 g/mol. The van der Waals surface area contributed by atoms with Gasteiger partial charge in [-0.05, 0) is 24.6 Å². The Morgan fingerprint density at radius 2 is 1.91 bits per heavy atom. The third kappa shape index (κ3) is 2.75. The van der Waals surface area contributed by atoms with E-state index >= 15 is 0 Å². The number of aromatic nitrogens is 2. The maximum atomic E-state index is 12.6. The van der Waals surface area contributed by atoms with E-state index in [1.54, 1.807) is 24.5 Å². The number of pyridine rings is 1. The summed E-state index contributed by atoms with van der Waals surface area (Å²) in [6.07, 6.45) is 3.31. The van der Waals surface area contributed by atoms with Crippen molar-refractivity contribution in [2.75, 3.05) is 0 Å². The average molecular weight is 315 g/mol. The molecule has 0 spiro atoms. The third-order valence-corrected chi connectivity index (χ3v) is 4.97. The zero-order chi connectivity index (χ0) is 15.6. The van der Waals surface area contributed by atoms with Gasteiger partial charge in [0.25, 0.3) is 0 Å². The molecule has 22 heavy (non-hydrogen) atoms. The molecule has 2 aromatic heterocycles. The van der Waals surface area contributed by atoms with Crippen molar-refractivity contribution in [1.82, 2.24) is 14.3 Å². The second-order valence-corrected chi connectivity index (χ2v) is 6.70. The highest BCUT2D eigenvalue weighted by Crippen LogP contribution is 2.23. The van der Waals surface area contributed by atoms with Gasteiger partial charge in [-0.25, -0.2) is 18.1 Å². The van der Waals surface area contributed by atoms with Crippen molar-refractivity contribution in [3.63, 3.8) is 0 Å². The zero-order valence-electron chi connectivity index (χ0n) is 12.2. The number of nitrogens with one attached hydrogen (secondary N) is 1. The van der Waals surface area contributed by atoms with E-state index in [-0.39, 0.29) is 11.4 Å². The Hall–Kier alpha value is -2.18. The molecule has 1 N–H and O–H groups in total. The lowest BCUT2D eigenvalue weighted by atomic mass is 10.2. The molecule has 0 unspecified atom stereocenters. The summed E-state index contributed by atoms with van der Waals surface area (Å²) in [5, 5.41) is 0.643. The van der Waals surface area contributed by atoms with Crippen LogP contribution in [0.4, 0.5) is 0 Å². The van der Waals surface area contributed by atoms with E-state index < -0.39 is 10.0 Å². The summed E-state index contributed by atoms with van der Waals surface area (Å²) < 4.78 is 29.7. The predicted molar refractivity (Wildman–Crippen MR) is 85.9 cm³/mol. The maximum Gasteiger partial charge on any atom is 0.243 e. The smallest absolute Gasteiger partial charge is 0.243 e. The first-order valence-corrected chi connectivity index (χ1v) is 8.57. The minimum atomic E-state index is -3.59. The van der Waals surface area contributed by atoms with Crippen LogP contribution in [0, 0.1) is 0 Å². The van der Waals surface area contributed by atoms with Gasteiger partial charge in [0.05, 0.1) is 0 Å². The lowest BCUT2D eigenvalue weighted by molar-refractivity contribution is 0.581. The number of rotatable bonds is 5. The molecule has 0 amide bonds. The Balaban J connectivity index is 1.95. The fourth-order valence-corrected chi connectivity index (χ4v) is 3.62. The fraction of sp³-hybridized carbons (Fsp3) is 0.188. The van der Waals surface area contributed by atoms with Crippen LogP contribution in [0.1, 0.15) is 12.5 Å². The van der Waals surface area contributed by atoms with E-state index in [4.69, 9.17) is 0 Å². The molecule has 0 fully saturated rings. The van der Waals surface area contributed by atoms with Gasteiger partial charge in [-0.2, -0.15) is 0 Å². The quantitative estimate of drug-likeness (QED) is 0.787. The normalized spacial score (nSPS) is 11.9. The average Bonchev–Trinajstić information content (AvgIpc) is 2.94. The summed E-state index contributed by atoms with van der Waals surface area (Å²) in [5.74, 6) is 0. The predicted octanol–water partition coefficient (Wildman–Crippen LogP) is 2.53. The molecule has 0 radical (unpaired) electrons. The second-order valence-electron chi connectivity index (χ2n) is 4.96. The summed E-state index contributed by atoms with van der Waals surface area (Å²) >= 11 is 0. The van der Waals surface area contributed by atoms with Crippen LogP contribution in [-0.4, -0.2) is 18.0 Å². The molecule has 0 aliphatic rings. The maximum absolute atomic E-state index is 12.6. The van der Waals surface area contributed by atoms with Crippen molar-refractivity contribution in [2.45, 2.75) is 24.9 Å². The Bertz CT molecular complexity index is 886. The molecule has 6 heteroatoms. The summed E-state index contributed by atoms with van der Waals surface area (Å²) in [6, 6.07) is 13.0. The van der Waals surface area contributed by atoms with Crippen molar-refractivity contribution in [2.24, 2.45) is 0 Å². The molecule has 0 aliphatic carbocycles. The summed E-state index contributed by atoms with van der Waals surface area (Å²) in [7, 11) is -3.59. The number of aryl methyl sites for hydroxylation is 1. The van der Waals surface area contributed by atoms with Crippen LogP contribution >= 0.6 is 0 Å². The number of hydrogen-bond acceptors (Lipinski definition) is 3. The van der Waals surface area contributed by atoms with Crippen molar-refractivity contribution >= 4 is 21.1 Å². The molecule has 0 saturated carbocycles.